The Labute approximate surface area is 121 Å². The third-order valence-electron chi connectivity index (χ3n) is 2.85. The van der Waals surface area contributed by atoms with E-state index < -0.39 is 0 Å². The Hall–Kier alpha value is -1.40. The van der Waals surface area contributed by atoms with Gasteiger partial charge in [-0.05, 0) is 23.6 Å². The Morgan fingerprint density at radius 1 is 1.40 bits per heavy atom. The number of hydrogen-bond donors (Lipinski definition) is 1. The third kappa shape index (κ3) is 3.80. The molecule has 0 radical (unpaired) electrons. The molecule has 0 aliphatic rings. The molecular weight excluding hydrogens is 277 g/mol. The second-order valence-corrected chi connectivity index (χ2v) is 6.69. The van der Waals surface area contributed by atoms with Crippen molar-refractivity contribution in [2.75, 3.05) is 0 Å². The van der Waals surface area contributed by atoms with Crippen LogP contribution in [0.4, 0.5) is 4.39 Å². The summed E-state index contributed by atoms with van der Waals surface area (Å²) in [7, 11) is 0. The van der Waals surface area contributed by atoms with Gasteiger partial charge in [0.1, 0.15) is 5.82 Å². The zero-order valence-corrected chi connectivity index (χ0v) is 12.6. The Bertz CT molecular complexity index is 580. The Balaban J connectivity index is 2.00. The van der Waals surface area contributed by atoms with Crippen molar-refractivity contribution in [2.24, 2.45) is 11.1 Å². The largest absolute Gasteiger partial charge is 0.338 e. The van der Waals surface area contributed by atoms with E-state index in [1.807, 2.05) is 26.8 Å². The molecule has 6 heteroatoms. The van der Waals surface area contributed by atoms with Crippen molar-refractivity contribution in [3.63, 3.8) is 0 Å². The molecule has 0 aliphatic carbocycles. The number of thioether (sulfide) groups is 1. The molecule has 1 atom stereocenters. The van der Waals surface area contributed by atoms with Crippen LogP contribution in [0.5, 0.6) is 0 Å². The summed E-state index contributed by atoms with van der Waals surface area (Å²) in [5.41, 5.74) is 5.92. The first-order valence-corrected chi connectivity index (χ1v) is 7.31. The van der Waals surface area contributed by atoms with E-state index in [0.717, 1.165) is 4.90 Å². The normalized spacial score (nSPS) is 13.4. The van der Waals surface area contributed by atoms with Gasteiger partial charge in [0.05, 0.1) is 11.8 Å². The minimum Gasteiger partial charge on any atom is -0.338 e. The van der Waals surface area contributed by atoms with Gasteiger partial charge in [-0.3, -0.25) is 0 Å². The molecule has 0 unspecified atom stereocenters. The summed E-state index contributed by atoms with van der Waals surface area (Å²) in [6.07, 6.45) is 0. The van der Waals surface area contributed by atoms with Gasteiger partial charge in [0.25, 0.3) is 0 Å². The molecule has 0 bridgehead atoms. The minimum atomic E-state index is -0.303. The second-order valence-electron chi connectivity index (χ2n) is 5.64. The molecule has 20 heavy (non-hydrogen) atoms. The van der Waals surface area contributed by atoms with Crippen LogP contribution in [-0.4, -0.2) is 10.1 Å². The quantitative estimate of drug-likeness (QED) is 0.874. The molecular formula is C14H18FN3OS. The van der Waals surface area contributed by atoms with Gasteiger partial charge in [-0.25, -0.2) is 4.39 Å². The SMILES string of the molecule is CC(C)(C)[C@@H](N)c1nc(CSc2cccc(F)c2)no1. The van der Waals surface area contributed by atoms with Crippen LogP contribution in [0.15, 0.2) is 33.7 Å². The van der Waals surface area contributed by atoms with Crippen LogP contribution in [0.2, 0.25) is 0 Å². The summed E-state index contributed by atoms with van der Waals surface area (Å²) in [6.45, 7) is 6.05. The van der Waals surface area contributed by atoms with E-state index in [0.29, 0.717) is 17.5 Å². The molecule has 0 spiro atoms. The van der Waals surface area contributed by atoms with Gasteiger partial charge in [0.15, 0.2) is 5.82 Å². The van der Waals surface area contributed by atoms with E-state index in [1.54, 1.807) is 6.07 Å². The zero-order chi connectivity index (χ0) is 14.8. The summed E-state index contributed by atoms with van der Waals surface area (Å²) in [6, 6.07) is 6.11. The molecule has 1 aromatic heterocycles. The van der Waals surface area contributed by atoms with E-state index in [1.165, 1.54) is 23.9 Å². The number of rotatable bonds is 4. The van der Waals surface area contributed by atoms with E-state index in [9.17, 15) is 4.39 Å². The van der Waals surface area contributed by atoms with Gasteiger partial charge in [0, 0.05) is 4.90 Å². The number of halogens is 1. The number of aromatic nitrogens is 2. The van der Waals surface area contributed by atoms with Gasteiger partial charge in [-0.1, -0.05) is 32.0 Å². The highest BCUT2D eigenvalue weighted by Gasteiger charge is 2.27. The molecule has 1 aromatic carbocycles. The zero-order valence-electron chi connectivity index (χ0n) is 11.8. The molecule has 1 heterocycles. The van der Waals surface area contributed by atoms with Crippen molar-refractivity contribution in [1.29, 1.82) is 0 Å². The van der Waals surface area contributed by atoms with Crippen LogP contribution in [0.3, 0.4) is 0 Å². The third-order valence-corrected chi connectivity index (χ3v) is 3.84. The fourth-order valence-corrected chi connectivity index (χ4v) is 2.31. The summed E-state index contributed by atoms with van der Waals surface area (Å²) < 4.78 is 18.2. The van der Waals surface area contributed by atoms with Crippen LogP contribution in [0.25, 0.3) is 0 Å². The molecule has 0 saturated carbocycles. The summed E-state index contributed by atoms with van der Waals surface area (Å²) in [4.78, 5) is 5.13. The van der Waals surface area contributed by atoms with Gasteiger partial charge >= 0.3 is 0 Å². The van der Waals surface area contributed by atoms with Crippen molar-refractivity contribution >= 4 is 11.8 Å². The topological polar surface area (TPSA) is 64.9 Å². The van der Waals surface area contributed by atoms with Crippen LogP contribution in [0, 0.1) is 11.2 Å². The predicted octanol–water partition coefficient (Wildman–Crippen LogP) is 3.55. The van der Waals surface area contributed by atoms with Gasteiger partial charge in [0.2, 0.25) is 5.89 Å². The first-order valence-electron chi connectivity index (χ1n) is 6.32. The van der Waals surface area contributed by atoms with Crippen LogP contribution in [-0.2, 0) is 5.75 Å². The Morgan fingerprint density at radius 2 is 2.15 bits per heavy atom. The van der Waals surface area contributed by atoms with Crippen molar-refractivity contribution in [2.45, 2.75) is 37.5 Å². The Kier molecular flexibility index (Phi) is 4.45. The predicted molar refractivity (Wildman–Crippen MR) is 76.6 cm³/mol. The molecule has 2 rings (SSSR count). The van der Waals surface area contributed by atoms with Gasteiger partial charge in [-0.15, -0.1) is 11.8 Å². The fourth-order valence-electron chi connectivity index (χ4n) is 1.53. The van der Waals surface area contributed by atoms with E-state index in [4.69, 9.17) is 10.3 Å². The van der Waals surface area contributed by atoms with Crippen LogP contribution in [0.1, 0.15) is 38.5 Å². The lowest BCUT2D eigenvalue weighted by Gasteiger charge is -2.23. The molecule has 0 aliphatic heterocycles. The van der Waals surface area contributed by atoms with E-state index in [2.05, 4.69) is 10.1 Å². The maximum absolute atomic E-state index is 13.1. The highest BCUT2D eigenvalue weighted by Crippen LogP contribution is 2.30. The second kappa shape index (κ2) is 5.93. The molecule has 0 amide bonds. The lowest BCUT2D eigenvalue weighted by molar-refractivity contribution is 0.252. The van der Waals surface area contributed by atoms with Crippen molar-refractivity contribution < 1.29 is 8.91 Å². The van der Waals surface area contributed by atoms with E-state index >= 15 is 0 Å². The number of nitrogens with two attached hydrogens (primary N) is 1. The first kappa shape index (κ1) is 15.0. The summed E-state index contributed by atoms with van der Waals surface area (Å²) in [5, 5.41) is 3.91. The van der Waals surface area contributed by atoms with Crippen LogP contribution >= 0.6 is 11.8 Å². The summed E-state index contributed by atoms with van der Waals surface area (Å²) >= 11 is 1.45. The van der Waals surface area contributed by atoms with Crippen molar-refractivity contribution in [1.82, 2.24) is 10.1 Å². The minimum absolute atomic E-state index is 0.139. The highest BCUT2D eigenvalue weighted by molar-refractivity contribution is 7.98. The average molecular weight is 295 g/mol. The van der Waals surface area contributed by atoms with Crippen molar-refractivity contribution in [3.05, 3.63) is 41.8 Å². The molecule has 2 N–H and O–H groups in total. The lowest BCUT2D eigenvalue weighted by Crippen LogP contribution is -2.26. The molecule has 0 fully saturated rings. The van der Waals surface area contributed by atoms with Gasteiger partial charge in [-0.2, -0.15) is 4.98 Å². The lowest BCUT2D eigenvalue weighted by atomic mass is 9.87. The monoisotopic (exact) mass is 295 g/mol. The number of nitrogens with zero attached hydrogens (tertiary/aromatic N) is 2. The average Bonchev–Trinajstić information content (AvgIpc) is 2.83. The van der Waals surface area contributed by atoms with Crippen LogP contribution < -0.4 is 5.73 Å². The number of hydrogen-bond acceptors (Lipinski definition) is 5. The van der Waals surface area contributed by atoms with E-state index in [-0.39, 0.29) is 17.3 Å². The molecule has 4 nitrogen and oxygen atoms in total. The van der Waals surface area contributed by atoms with Gasteiger partial charge < -0.3 is 10.3 Å². The molecule has 108 valence electrons. The highest BCUT2D eigenvalue weighted by atomic mass is 32.2. The Morgan fingerprint density at radius 3 is 2.80 bits per heavy atom. The molecule has 0 saturated heterocycles. The standard InChI is InChI=1S/C14H18FN3OS/c1-14(2,3)12(16)13-17-11(18-19-13)8-20-10-6-4-5-9(15)7-10/h4-7,12H,8,16H2,1-3H3/t12-/m0/s1. The number of benzene rings is 1. The maximum atomic E-state index is 13.1. The van der Waals surface area contributed by atoms with Crippen molar-refractivity contribution in [3.8, 4) is 0 Å². The fraction of sp³-hybridized carbons (Fsp3) is 0.429. The molecule has 2 aromatic rings. The maximum Gasteiger partial charge on any atom is 0.244 e. The summed E-state index contributed by atoms with van der Waals surface area (Å²) in [5.74, 6) is 1.27. The first-order chi connectivity index (χ1) is 9.36. The smallest absolute Gasteiger partial charge is 0.244 e.